The summed E-state index contributed by atoms with van der Waals surface area (Å²) >= 11 is 0. The molecule has 0 aliphatic carbocycles. The van der Waals surface area contributed by atoms with Crippen molar-refractivity contribution < 1.29 is 14.3 Å². The van der Waals surface area contributed by atoms with Gasteiger partial charge in [-0.15, -0.1) is 0 Å². The van der Waals surface area contributed by atoms with Gasteiger partial charge in [-0.3, -0.25) is 4.79 Å². The van der Waals surface area contributed by atoms with E-state index in [0.717, 1.165) is 18.5 Å². The summed E-state index contributed by atoms with van der Waals surface area (Å²) in [6.07, 6.45) is 2.14. The second-order valence-corrected chi connectivity index (χ2v) is 3.31. The van der Waals surface area contributed by atoms with Gasteiger partial charge in [-0.2, -0.15) is 0 Å². The minimum Gasteiger partial charge on any atom is -0.477 e. The van der Waals surface area contributed by atoms with Crippen molar-refractivity contribution >= 4 is 17.0 Å². The number of carboxylic acid groups (broad SMARTS) is 1. The molecule has 0 aromatic carbocycles. The lowest BCUT2D eigenvalue weighted by molar-refractivity contribution is 0.0695. The van der Waals surface area contributed by atoms with E-state index in [9.17, 15) is 14.0 Å². The van der Waals surface area contributed by atoms with Gasteiger partial charge < -0.3 is 9.67 Å². The normalized spacial score (nSPS) is 10.6. The quantitative estimate of drug-likeness (QED) is 0.773. The van der Waals surface area contributed by atoms with E-state index in [1.165, 1.54) is 4.57 Å². The first-order chi connectivity index (χ1) is 7.50. The molecule has 2 heterocycles. The Morgan fingerprint density at radius 3 is 2.88 bits per heavy atom. The molecule has 0 saturated heterocycles. The zero-order valence-electron chi connectivity index (χ0n) is 8.27. The summed E-state index contributed by atoms with van der Waals surface area (Å²) in [5, 5.41) is 8.75. The van der Waals surface area contributed by atoms with Crippen LogP contribution < -0.4 is 5.43 Å². The Kier molecular flexibility index (Phi) is 2.19. The lowest BCUT2D eigenvalue weighted by atomic mass is 10.2. The molecular weight excluding hydrogens is 215 g/mol. The number of rotatable bonds is 1. The Balaban J connectivity index is 2.98. The number of fused-ring (bicyclic) bond motifs is 1. The van der Waals surface area contributed by atoms with Gasteiger partial charge in [0.15, 0.2) is 0 Å². The molecule has 0 radical (unpaired) electrons. The molecule has 0 amide bonds. The van der Waals surface area contributed by atoms with Crippen molar-refractivity contribution in [3.05, 3.63) is 40.1 Å². The maximum absolute atomic E-state index is 12.9. The third-order valence-electron chi connectivity index (χ3n) is 2.21. The first kappa shape index (κ1) is 10.3. The summed E-state index contributed by atoms with van der Waals surface area (Å²) in [5.74, 6) is -2.01. The molecule has 0 unspecified atom stereocenters. The number of hydrogen-bond donors (Lipinski definition) is 1. The maximum atomic E-state index is 12.9. The van der Waals surface area contributed by atoms with Crippen LogP contribution in [0.3, 0.4) is 0 Å². The first-order valence-corrected chi connectivity index (χ1v) is 4.39. The topological polar surface area (TPSA) is 72.2 Å². The van der Waals surface area contributed by atoms with E-state index in [2.05, 4.69) is 4.98 Å². The zero-order chi connectivity index (χ0) is 11.9. The molecule has 0 fully saturated rings. The lowest BCUT2D eigenvalue weighted by Crippen LogP contribution is -2.18. The van der Waals surface area contributed by atoms with Crippen LogP contribution in [0.5, 0.6) is 0 Å². The van der Waals surface area contributed by atoms with Gasteiger partial charge in [-0.1, -0.05) is 0 Å². The van der Waals surface area contributed by atoms with Crippen LogP contribution in [0.2, 0.25) is 0 Å². The molecule has 0 spiro atoms. The van der Waals surface area contributed by atoms with Crippen LogP contribution in [0.4, 0.5) is 4.39 Å². The van der Waals surface area contributed by atoms with Gasteiger partial charge in [0, 0.05) is 13.2 Å². The van der Waals surface area contributed by atoms with Gasteiger partial charge in [0.2, 0.25) is 5.43 Å². The number of hydrogen-bond acceptors (Lipinski definition) is 3. The van der Waals surface area contributed by atoms with Crippen molar-refractivity contribution in [1.82, 2.24) is 9.55 Å². The highest BCUT2D eigenvalue weighted by atomic mass is 19.1. The number of carboxylic acids is 1. The van der Waals surface area contributed by atoms with Crippen LogP contribution in [0.25, 0.3) is 11.0 Å². The first-order valence-electron chi connectivity index (χ1n) is 4.39. The molecule has 0 saturated carbocycles. The SMILES string of the molecule is Cn1cc(C(=O)O)c(=O)c2cc(F)cnc21. The van der Waals surface area contributed by atoms with Crippen molar-refractivity contribution in [2.45, 2.75) is 0 Å². The van der Waals surface area contributed by atoms with Gasteiger partial charge in [0.25, 0.3) is 0 Å². The summed E-state index contributed by atoms with van der Waals surface area (Å²) in [6, 6.07) is 0.983. The highest BCUT2D eigenvalue weighted by Gasteiger charge is 2.14. The molecular formula is C10H7FN2O3. The molecule has 0 aliphatic heterocycles. The van der Waals surface area contributed by atoms with Crippen LogP contribution in [0.1, 0.15) is 10.4 Å². The average molecular weight is 222 g/mol. The van der Waals surface area contributed by atoms with E-state index in [4.69, 9.17) is 5.11 Å². The Hall–Kier alpha value is -2.24. The minimum absolute atomic E-state index is 0.0394. The third kappa shape index (κ3) is 1.44. The molecule has 5 nitrogen and oxygen atoms in total. The predicted octanol–water partition coefficient (Wildman–Crippen LogP) is 0.771. The van der Waals surface area contributed by atoms with E-state index in [1.807, 2.05) is 0 Å². The molecule has 2 rings (SSSR count). The summed E-state index contributed by atoms with van der Waals surface area (Å²) in [7, 11) is 1.54. The highest BCUT2D eigenvalue weighted by molar-refractivity contribution is 5.91. The van der Waals surface area contributed by atoms with Crippen molar-refractivity contribution in [2.24, 2.45) is 7.05 Å². The van der Waals surface area contributed by atoms with Crippen molar-refractivity contribution in [3.8, 4) is 0 Å². The molecule has 1 N–H and O–H groups in total. The summed E-state index contributed by atoms with van der Waals surface area (Å²) in [5.41, 5.74) is -0.883. The molecule has 2 aromatic heterocycles. The van der Waals surface area contributed by atoms with Gasteiger partial charge >= 0.3 is 5.97 Å². The zero-order valence-corrected chi connectivity index (χ0v) is 8.27. The van der Waals surface area contributed by atoms with Gasteiger partial charge in [0.1, 0.15) is 17.0 Å². The van der Waals surface area contributed by atoms with Crippen LogP contribution in [0, 0.1) is 5.82 Å². The van der Waals surface area contributed by atoms with Gasteiger partial charge in [-0.05, 0) is 6.07 Å². The van der Waals surface area contributed by atoms with E-state index in [-0.39, 0.29) is 11.0 Å². The summed E-state index contributed by atoms with van der Waals surface area (Å²) in [4.78, 5) is 26.2. The average Bonchev–Trinajstić information content (AvgIpc) is 2.22. The molecule has 2 aromatic rings. The number of pyridine rings is 2. The third-order valence-corrected chi connectivity index (χ3v) is 2.21. The Morgan fingerprint density at radius 1 is 1.56 bits per heavy atom. The minimum atomic E-state index is -1.34. The predicted molar refractivity (Wildman–Crippen MR) is 53.9 cm³/mol. The van der Waals surface area contributed by atoms with Crippen LogP contribution in [0.15, 0.2) is 23.3 Å². The number of aromatic nitrogens is 2. The highest BCUT2D eigenvalue weighted by Crippen LogP contribution is 2.09. The molecule has 6 heteroatoms. The molecule has 0 aliphatic rings. The monoisotopic (exact) mass is 222 g/mol. The van der Waals surface area contributed by atoms with E-state index < -0.39 is 22.8 Å². The number of carbonyl (C=O) groups is 1. The summed E-state index contributed by atoms with van der Waals surface area (Å²) in [6.45, 7) is 0. The van der Waals surface area contributed by atoms with E-state index in [1.54, 1.807) is 7.05 Å². The van der Waals surface area contributed by atoms with E-state index in [0.29, 0.717) is 0 Å². The van der Waals surface area contributed by atoms with Gasteiger partial charge in [-0.25, -0.2) is 14.2 Å². The fourth-order valence-electron chi connectivity index (χ4n) is 1.49. The Labute approximate surface area is 88.8 Å². The van der Waals surface area contributed by atoms with Crippen molar-refractivity contribution in [2.75, 3.05) is 0 Å². The fourth-order valence-corrected chi connectivity index (χ4v) is 1.49. The van der Waals surface area contributed by atoms with Crippen LogP contribution in [-0.2, 0) is 7.05 Å². The number of aromatic carboxylic acids is 1. The van der Waals surface area contributed by atoms with Crippen LogP contribution >= 0.6 is 0 Å². The summed E-state index contributed by atoms with van der Waals surface area (Å²) < 4.78 is 14.3. The molecule has 0 atom stereocenters. The molecule has 0 bridgehead atoms. The Bertz CT molecular complexity index is 648. The largest absolute Gasteiger partial charge is 0.477 e. The number of nitrogens with zero attached hydrogens (tertiary/aromatic N) is 2. The van der Waals surface area contributed by atoms with Crippen molar-refractivity contribution in [3.63, 3.8) is 0 Å². The standard InChI is InChI=1S/C10H7FN2O3/c1-13-4-7(10(15)16)8(14)6-2-5(11)3-12-9(6)13/h2-4H,1H3,(H,15,16). The smallest absolute Gasteiger partial charge is 0.341 e. The number of halogens is 1. The maximum Gasteiger partial charge on any atom is 0.341 e. The fraction of sp³-hybridized carbons (Fsp3) is 0.100. The van der Waals surface area contributed by atoms with E-state index >= 15 is 0 Å². The second-order valence-electron chi connectivity index (χ2n) is 3.31. The van der Waals surface area contributed by atoms with Crippen molar-refractivity contribution in [1.29, 1.82) is 0 Å². The molecule has 16 heavy (non-hydrogen) atoms. The molecule has 82 valence electrons. The van der Waals surface area contributed by atoms with Gasteiger partial charge in [0.05, 0.1) is 11.6 Å². The second kappa shape index (κ2) is 3.41. The van der Waals surface area contributed by atoms with Crippen LogP contribution in [-0.4, -0.2) is 20.6 Å². The Morgan fingerprint density at radius 2 is 2.25 bits per heavy atom. The lowest BCUT2D eigenvalue weighted by Gasteiger charge is -2.05. The number of aryl methyl sites for hydroxylation is 1.